The highest BCUT2D eigenvalue weighted by Crippen LogP contribution is 2.46. The predicted molar refractivity (Wildman–Crippen MR) is 125 cm³/mol. The molecular weight excluding hydrogens is 438 g/mol. The molecule has 0 unspecified atom stereocenters. The van der Waals surface area contributed by atoms with Crippen molar-refractivity contribution in [1.82, 2.24) is 0 Å². The largest absolute Gasteiger partial charge is 0.298 e. The van der Waals surface area contributed by atoms with Gasteiger partial charge in [-0.05, 0) is 36.2 Å². The van der Waals surface area contributed by atoms with E-state index in [-0.39, 0.29) is 16.1 Å². The summed E-state index contributed by atoms with van der Waals surface area (Å²) in [6.07, 6.45) is 0. The van der Waals surface area contributed by atoms with Crippen molar-refractivity contribution in [3.05, 3.63) is 142 Å². The van der Waals surface area contributed by atoms with Gasteiger partial charge in [0.05, 0.1) is 15.4 Å². The summed E-state index contributed by atoms with van der Waals surface area (Å²) in [6.45, 7) is 1.85. The molecule has 6 nitrogen and oxygen atoms in total. The standard InChI is InChI=1S/C26H21NO5S/c1-20-16-18-23(19-17-20)33(30,31)32-26(21-10-4-2-5-11-21,22-12-6-3-7-13-22)24-14-8-9-15-25(24)27(28)29/h2-19H,1H3. The third-order valence-electron chi connectivity index (χ3n) is 5.39. The van der Waals surface area contributed by atoms with Gasteiger partial charge in [0.1, 0.15) is 0 Å². The van der Waals surface area contributed by atoms with Crippen molar-refractivity contribution in [3.8, 4) is 0 Å². The molecule has 0 aliphatic carbocycles. The van der Waals surface area contributed by atoms with Crippen LogP contribution in [-0.4, -0.2) is 13.3 Å². The number of hydrogen-bond donors (Lipinski definition) is 0. The molecule has 0 aliphatic heterocycles. The average molecular weight is 460 g/mol. The van der Waals surface area contributed by atoms with E-state index in [4.69, 9.17) is 4.18 Å². The van der Waals surface area contributed by atoms with Crippen LogP contribution >= 0.6 is 0 Å². The first kappa shape index (κ1) is 22.4. The van der Waals surface area contributed by atoms with Crippen LogP contribution in [0.4, 0.5) is 5.69 Å². The molecule has 4 rings (SSSR count). The van der Waals surface area contributed by atoms with Crippen molar-refractivity contribution >= 4 is 15.8 Å². The summed E-state index contributed by atoms with van der Waals surface area (Å²) in [4.78, 5) is 11.4. The third kappa shape index (κ3) is 4.28. The average Bonchev–Trinajstić information content (AvgIpc) is 2.84. The van der Waals surface area contributed by atoms with Crippen LogP contribution in [0.3, 0.4) is 0 Å². The van der Waals surface area contributed by atoms with Crippen LogP contribution in [0, 0.1) is 17.0 Å². The van der Waals surface area contributed by atoms with E-state index >= 15 is 0 Å². The molecule has 4 aromatic rings. The van der Waals surface area contributed by atoms with Gasteiger partial charge in [0.15, 0.2) is 5.60 Å². The van der Waals surface area contributed by atoms with Crippen LogP contribution in [0.5, 0.6) is 0 Å². The number of aryl methyl sites for hydroxylation is 1. The van der Waals surface area contributed by atoms with Crippen molar-refractivity contribution in [2.75, 3.05) is 0 Å². The lowest BCUT2D eigenvalue weighted by Crippen LogP contribution is -2.36. The first-order chi connectivity index (χ1) is 15.8. The van der Waals surface area contributed by atoms with Gasteiger partial charge in [0.2, 0.25) is 0 Å². The van der Waals surface area contributed by atoms with Crippen LogP contribution in [0.2, 0.25) is 0 Å². The van der Waals surface area contributed by atoms with E-state index < -0.39 is 20.6 Å². The van der Waals surface area contributed by atoms with Gasteiger partial charge in [-0.3, -0.25) is 10.1 Å². The van der Waals surface area contributed by atoms with Gasteiger partial charge < -0.3 is 0 Å². The van der Waals surface area contributed by atoms with Gasteiger partial charge in [-0.15, -0.1) is 0 Å². The van der Waals surface area contributed by atoms with Crippen molar-refractivity contribution in [2.45, 2.75) is 17.4 Å². The van der Waals surface area contributed by atoms with Gasteiger partial charge in [0, 0.05) is 6.07 Å². The number of benzene rings is 4. The number of rotatable bonds is 7. The fraction of sp³-hybridized carbons (Fsp3) is 0.0769. The quantitative estimate of drug-likeness (QED) is 0.155. The summed E-state index contributed by atoms with van der Waals surface area (Å²) >= 11 is 0. The summed E-state index contributed by atoms with van der Waals surface area (Å²) in [7, 11) is -4.34. The van der Waals surface area contributed by atoms with Crippen molar-refractivity contribution in [3.63, 3.8) is 0 Å². The maximum Gasteiger partial charge on any atom is 0.298 e. The fourth-order valence-electron chi connectivity index (χ4n) is 3.81. The summed E-state index contributed by atoms with van der Waals surface area (Å²) in [5, 5.41) is 12.0. The van der Waals surface area contributed by atoms with Crippen molar-refractivity contribution in [2.24, 2.45) is 0 Å². The molecule has 4 aromatic carbocycles. The number of nitrogens with zero attached hydrogens (tertiary/aromatic N) is 1. The first-order valence-electron chi connectivity index (χ1n) is 10.2. The molecule has 0 heterocycles. The summed E-state index contributed by atoms with van der Waals surface area (Å²) in [6, 6.07) is 29.7. The first-order valence-corrected chi connectivity index (χ1v) is 11.6. The van der Waals surface area contributed by atoms with E-state index in [0.29, 0.717) is 11.1 Å². The Labute approximate surface area is 192 Å². The molecule has 0 radical (unpaired) electrons. The van der Waals surface area contributed by atoms with Crippen LogP contribution in [0.1, 0.15) is 22.3 Å². The Hall–Kier alpha value is -3.81. The summed E-state index contributed by atoms with van der Waals surface area (Å²) in [5.74, 6) is 0. The molecule has 0 saturated carbocycles. The van der Waals surface area contributed by atoms with Crippen LogP contribution < -0.4 is 0 Å². The molecule has 166 valence electrons. The maximum atomic E-state index is 13.6. The Morgan fingerprint density at radius 3 is 1.73 bits per heavy atom. The molecule has 7 heteroatoms. The second-order valence-electron chi connectivity index (χ2n) is 7.54. The molecule has 0 fully saturated rings. The highest BCUT2D eigenvalue weighted by molar-refractivity contribution is 7.86. The zero-order chi connectivity index (χ0) is 23.5. The summed E-state index contributed by atoms with van der Waals surface area (Å²) in [5.41, 5.74) is -0.143. The third-order valence-corrected chi connectivity index (χ3v) is 6.70. The van der Waals surface area contributed by atoms with Gasteiger partial charge in [-0.1, -0.05) is 90.5 Å². The van der Waals surface area contributed by atoms with Crippen LogP contribution in [0.15, 0.2) is 114 Å². The second-order valence-corrected chi connectivity index (χ2v) is 9.08. The highest BCUT2D eigenvalue weighted by atomic mass is 32.2. The van der Waals surface area contributed by atoms with Crippen LogP contribution in [0.25, 0.3) is 0 Å². The normalized spacial score (nSPS) is 11.8. The Kier molecular flexibility index (Phi) is 6.09. The molecular formula is C26H21NO5S. The van der Waals surface area contributed by atoms with E-state index in [1.54, 1.807) is 78.9 Å². The molecule has 0 atom stereocenters. The topological polar surface area (TPSA) is 86.5 Å². The SMILES string of the molecule is Cc1ccc(S(=O)(=O)OC(c2ccccc2)(c2ccccc2)c2ccccc2[N+](=O)[O-])cc1. The molecule has 0 saturated heterocycles. The van der Waals surface area contributed by atoms with Gasteiger partial charge in [0.25, 0.3) is 15.8 Å². The lowest BCUT2D eigenvalue weighted by molar-refractivity contribution is -0.386. The smallest absolute Gasteiger partial charge is 0.258 e. The van der Waals surface area contributed by atoms with Crippen molar-refractivity contribution in [1.29, 1.82) is 0 Å². The molecule has 0 N–H and O–H groups in total. The van der Waals surface area contributed by atoms with Gasteiger partial charge in [-0.2, -0.15) is 8.42 Å². The highest BCUT2D eigenvalue weighted by Gasteiger charge is 2.46. The van der Waals surface area contributed by atoms with Gasteiger partial charge >= 0.3 is 0 Å². The maximum absolute atomic E-state index is 13.6. The zero-order valence-corrected chi connectivity index (χ0v) is 18.6. The van der Waals surface area contributed by atoms with E-state index in [9.17, 15) is 18.5 Å². The minimum atomic E-state index is -4.34. The van der Waals surface area contributed by atoms with E-state index in [1.165, 1.54) is 30.3 Å². The number of nitro groups is 1. The molecule has 0 amide bonds. The minimum absolute atomic E-state index is 0.0390. The van der Waals surface area contributed by atoms with Crippen molar-refractivity contribution < 1.29 is 17.5 Å². The Balaban J connectivity index is 2.07. The lowest BCUT2D eigenvalue weighted by atomic mass is 9.79. The summed E-state index contributed by atoms with van der Waals surface area (Å²) < 4.78 is 33.2. The molecule has 0 aliphatic rings. The minimum Gasteiger partial charge on any atom is -0.258 e. The number of hydrogen-bond acceptors (Lipinski definition) is 5. The number of para-hydroxylation sites is 1. The van der Waals surface area contributed by atoms with E-state index in [0.717, 1.165) is 5.56 Å². The Bertz CT molecular complexity index is 1330. The fourth-order valence-corrected chi connectivity index (χ4v) is 4.99. The Morgan fingerprint density at radius 1 is 0.727 bits per heavy atom. The Morgan fingerprint density at radius 2 is 1.21 bits per heavy atom. The van der Waals surface area contributed by atoms with Crippen LogP contribution in [-0.2, 0) is 19.9 Å². The second kappa shape index (κ2) is 8.97. The molecule has 0 bridgehead atoms. The molecule has 0 spiro atoms. The monoisotopic (exact) mass is 459 g/mol. The van der Waals surface area contributed by atoms with E-state index in [2.05, 4.69) is 0 Å². The van der Waals surface area contributed by atoms with Gasteiger partial charge in [-0.25, -0.2) is 4.18 Å². The predicted octanol–water partition coefficient (Wildman–Crippen LogP) is 5.60. The lowest BCUT2D eigenvalue weighted by Gasteiger charge is -2.34. The molecule has 0 aromatic heterocycles. The van der Waals surface area contributed by atoms with E-state index in [1.807, 2.05) is 6.92 Å². The molecule has 33 heavy (non-hydrogen) atoms. The zero-order valence-electron chi connectivity index (χ0n) is 17.8. The number of nitro benzene ring substituents is 1.